The first-order chi connectivity index (χ1) is 10.2. The molecular weight excluding hydrogens is 268 g/mol. The molecule has 2 saturated heterocycles. The molecule has 2 aliphatic rings. The van der Waals surface area contributed by atoms with Gasteiger partial charge in [0.1, 0.15) is 5.76 Å². The average Bonchev–Trinajstić information content (AvgIpc) is 3.10. The summed E-state index contributed by atoms with van der Waals surface area (Å²) in [6.07, 6.45) is 5.54. The lowest BCUT2D eigenvalue weighted by molar-refractivity contribution is -0.133. The lowest BCUT2D eigenvalue weighted by Gasteiger charge is -2.44. The van der Waals surface area contributed by atoms with Crippen molar-refractivity contribution in [1.29, 1.82) is 0 Å². The van der Waals surface area contributed by atoms with Crippen LogP contribution in [-0.2, 0) is 16.1 Å². The van der Waals surface area contributed by atoms with E-state index >= 15 is 0 Å². The zero-order chi connectivity index (χ0) is 14.7. The fourth-order valence-corrected chi connectivity index (χ4v) is 3.69. The van der Waals surface area contributed by atoms with E-state index in [-0.39, 0.29) is 5.54 Å². The van der Waals surface area contributed by atoms with Crippen LogP contribution in [0.2, 0.25) is 0 Å². The second kappa shape index (κ2) is 6.20. The van der Waals surface area contributed by atoms with Gasteiger partial charge in [-0.05, 0) is 31.4 Å². The SMILES string of the molecule is COCCN1C(=O)CCC12CCN(Cc1ccco1)CC2. The topological polar surface area (TPSA) is 45.9 Å². The van der Waals surface area contributed by atoms with Crippen LogP contribution >= 0.6 is 0 Å². The van der Waals surface area contributed by atoms with Gasteiger partial charge in [-0.15, -0.1) is 0 Å². The van der Waals surface area contributed by atoms with E-state index < -0.39 is 0 Å². The molecule has 2 fully saturated rings. The van der Waals surface area contributed by atoms with Crippen LogP contribution in [0.25, 0.3) is 0 Å². The quantitative estimate of drug-likeness (QED) is 0.831. The molecule has 3 heterocycles. The molecular formula is C16H24N2O3. The molecule has 1 aromatic rings. The van der Waals surface area contributed by atoms with Gasteiger partial charge in [-0.1, -0.05) is 0 Å². The fraction of sp³-hybridized carbons (Fsp3) is 0.688. The number of piperidine rings is 1. The van der Waals surface area contributed by atoms with E-state index in [4.69, 9.17) is 9.15 Å². The molecule has 2 aliphatic heterocycles. The van der Waals surface area contributed by atoms with Crippen molar-refractivity contribution in [3.8, 4) is 0 Å². The summed E-state index contributed by atoms with van der Waals surface area (Å²) >= 11 is 0. The highest BCUT2D eigenvalue weighted by Gasteiger charge is 2.46. The maximum absolute atomic E-state index is 12.1. The standard InChI is InChI=1S/C16H24N2O3/c1-20-12-10-18-15(19)4-5-16(18)6-8-17(9-7-16)13-14-3-2-11-21-14/h2-3,11H,4-10,12-13H2,1H3. The molecule has 21 heavy (non-hydrogen) atoms. The highest BCUT2D eigenvalue weighted by molar-refractivity contribution is 5.79. The van der Waals surface area contributed by atoms with Crippen molar-refractivity contribution in [2.75, 3.05) is 33.4 Å². The van der Waals surface area contributed by atoms with E-state index in [0.29, 0.717) is 18.9 Å². The summed E-state index contributed by atoms with van der Waals surface area (Å²) in [7, 11) is 1.69. The Balaban J connectivity index is 1.59. The molecule has 5 nitrogen and oxygen atoms in total. The van der Waals surface area contributed by atoms with E-state index in [1.54, 1.807) is 13.4 Å². The van der Waals surface area contributed by atoms with Gasteiger partial charge >= 0.3 is 0 Å². The minimum absolute atomic E-state index is 0.0786. The molecule has 0 unspecified atom stereocenters. The Morgan fingerprint density at radius 3 is 2.81 bits per heavy atom. The molecule has 0 aliphatic carbocycles. The molecule has 0 bridgehead atoms. The van der Waals surface area contributed by atoms with Crippen LogP contribution in [0.4, 0.5) is 0 Å². The number of carbonyl (C=O) groups is 1. The van der Waals surface area contributed by atoms with E-state index in [1.165, 1.54) is 0 Å². The van der Waals surface area contributed by atoms with Crippen LogP contribution in [0.1, 0.15) is 31.4 Å². The van der Waals surface area contributed by atoms with E-state index in [2.05, 4.69) is 9.80 Å². The third kappa shape index (κ3) is 2.99. The van der Waals surface area contributed by atoms with Gasteiger partial charge in [-0.3, -0.25) is 9.69 Å². The molecule has 1 spiro atoms. The highest BCUT2D eigenvalue weighted by atomic mass is 16.5. The predicted octanol–water partition coefficient (Wildman–Crippen LogP) is 1.88. The third-order valence-corrected chi connectivity index (χ3v) is 4.94. The first-order valence-electron chi connectivity index (χ1n) is 7.78. The molecule has 0 radical (unpaired) electrons. The molecule has 0 saturated carbocycles. The van der Waals surface area contributed by atoms with Crippen molar-refractivity contribution < 1.29 is 13.9 Å². The fourth-order valence-electron chi connectivity index (χ4n) is 3.69. The van der Waals surface area contributed by atoms with Gasteiger partial charge in [0.15, 0.2) is 0 Å². The molecule has 1 aromatic heterocycles. The number of amides is 1. The second-order valence-electron chi connectivity index (χ2n) is 6.12. The number of methoxy groups -OCH3 is 1. The summed E-state index contributed by atoms with van der Waals surface area (Å²) in [5.74, 6) is 1.32. The Hall–Kier alpha value is -1.33. The summed E-state index contributed by atoms with van der Waals surface area (Å²) in [6.45, 7) is 4.28. The summed E-state index contributed by atoms with van der Waals surface area (Å²) in [5.41, 5.74) is 0.0786. The number of furan rings is 1. The number of likely N-dealkylation sites (tertiary alicyclic amines) is 2. The smallest absolute Gasteiger partial charge is 0.223 e. The van der Waals surface area contributed by atoms with Gasteiger partial charge in [-0.25, -0.2) is 0 Å². The van der Waals surface area contributed by atoms with Crippen LogP contribution in [0.5, 0.6) is 0 Å². The largest absolute Gasteiger partial charge is 0.468 e. The number of hydrogen-bond acceptors (Lipinski definition) is 4. The van der Waals surface area contributed by atoms with Crippen molar-refractivity contribution in [3.63, 3.8) is 0 Å². The summed E-state index contributed by atoms with van der Waals surface area (Å²) < 4.78 is 10.6. The summed E-state index contributed by atoms with van der Waals surface area (Å²) in [4.78, 5) is 16.6. The normalized spacial score (nSPS) is 22.3. The van der Waals surface area contributed by atoms with Crippen molar-refractivity contribution in [2.45, 2.75) is 37.8 Å². The minimum atomic E-state index is 0.0786. The van der Waals surface area contributed by atoms with Gasteiger partial charge in [-0.2, -0.15) is 0 Å². The molecule has 0 aromatic carbocycles. The summed E-state index contributed by atoms with van der Waals surface area (Å²) in [5, 5.41) is 0. The zero-order valence-corrected chi connectivity index (χ0v) is 12.7. The number of ether oxygens (including phenoxy) is 1. The first-order valence-corrected chi connectivity index (χ1v) is 7.78. The van der Waals surface area contributed by atoms with Gasteiger partial charge in [0.05, 0.1) is 19.4 Å². The highest BCUT2D eigenvalue weighted by Crippen LogP contribution is 2.39. The summed E-state index contributed by atoms with van der Waals surface area (Å²) in [6, 6.07) is 3.96. The Bertz CT molecular complexity index is 464. The maximum atomic E-state index is 12.1. The molecule has 1 amide bonds. The van der Waals surface area contributed by atoms with Crippen molar-refractivity contribution in [2.24, 2.45) is 0 Å². The van der Waals surface area contributed by atoms with Crippen molar-refractivity contribution >= 4 is 5.91 Å². The van der Waals surface area contributed by atoms with Crippen LogP contribution in [-0.4, -0.2) is 54.6 Å². The predicted molar refractivity (Wildman–Crippen MR) is 78.8 cm³/mol. The first kappa shape index (κ1) is 14.6. The van der Waals surface area contributed by atoms with Gasteiger partial charge in [0.2, 0.25) is 5.91 Å². The zero-order valence-electron chi connectivity index (χ0n) is 12.7. The number of hydrogen-bond donors (Lipinski definition) is 0. The van der Waals surface area contributed by atoms with Gasteiger partial charge < -0.3 is 14.1 Å². The molecule has 3 rings (SSSR count). The van der Waals surface area contributed by atoms with Crippen LogP contribution in [0.15, 0.2) is 22.8 Å². The monoisotopic (exact) mass is 292 g/mol. The average molecular weight is 292 g/mol. The van der Waals surface area contributed by atoms with E-state index in [1.807, 2.05) is 12.1 Å². The van der Waals surface area contributed by atoms with Crippen LogP contribution < -0.4 is 0 Å². The second-order valence-corrected chi connectivity index (χ2v) is 6.12. The Kier molecular flexibility index (Phi) is 4.31. The molecule has 5 heteroatoms. The number of rotatable bonds is 5. The molecule has 0 N–H and O–H groups in total. The number of nitrogens with zero attached hydrogens (tertiary/aromatic N) is 2. The van der Waals surface area contributed by atoms with Gasteiger partial charge in [0, 0.05) is 38.7 Å². The Morgan fingerprint density at radius 2 is 2.14 bits per heavy atom. The van der Waals surface area contributed by atoms with Gasteiger partial charge in [0.25, 0.3) is 0 Å². The third-order valence-electron chi connectivity index (χ3n) is 4.94. The van der Waals surface area contributed by atoms with Crippen LogP contribution in [0, 0.1) is 0 Å². The van der Waals surface area contributed by atoms with Crippen molar-refractivity contribution in [3.05, 3.63) is 24.2 Å². The maximum Gasteiger partial charge on any atom is 0.223 e. The Morgan fingerprint density at radius 1 is 1.33 bits per heavy atom. The Labute approximate surface area is 125 Å². The lowest BCUT2D eigenvalue weighted by atomic mass is 9.85. The molecule has 116 valence electrons. The van der Waals surface area contributed by atoms with Crippen LogP contribution in [0.3, 0.4) is 0 Å². The van der Waals surface area contributed by atoms with E-state index in [0.717, 1.165) is 51.2 Å². The lowest BCUT2D eigenvalue weighted by Crippen LogP contribution is -2.53. The van der Waals surface area contributed by atoms with Crippen molar-refractivity contribution in [1.82, 2.24) is 9.80 Å². The molecule has 0 atom stereocenters. The van der Waals surface area contributed by atoms with E-state index in [9.17, 15) is 4.79 Å². The minimum Gasteiger partial charge on any atom is -0.468 e. The number of carbonyl (C=O) groups excluding carboxylic acids is 1.